The van der Waals surface area contributed by atoms with Gasteiger partial charge < -0.3 is 29.5 Å². The number of hydrogen-bond donors (Lipinski definition) is 2. The SMILES string of the molecule is Cc1onc(-c2ccccc2)c1C(=O)N1CCC[C@H]1C(=O)Nc1ccc(C=Cc2ccc(NC(=O)[C@@H]3CCCN3C(=O)c3c(-c4ccccc4)noc3C)cc2)cc1. The van der Waals surface area contributed by atoms with Gasteiger partial charge >= 0.3 is 0 Å². The molecule has 0 saturated carbocycles. The molecule has 0 radical (unpaired) electrons. The summed E-state index contributed by atoms with van der Waals surface area (Å²) in [4.78, 5) is 57.7. The first-order chi connectivity index (χ1) is 28.2. The standard InChI is InChI=1S/C46H42N6O6/c1-29-39(41(49-57-29)33-11-5-3-6-12-33)45(55)51-27-9-15-37(51)43(53)47-35-23-19-31(20-24-35)17-18-32-21-25-36(26-22-32)48-44(54)38-16-10-28-52(38)46(56)40-30(2)58-50-42(40)34-13-7-4-8-14-34/h3-8,11-14,17-26,37-38H,9-10,15-16,27-28H2,1-2H3,(H,47,53)(H,48,54)/t37-,38-/m0/s1. The second-order valence-electron chi connectivity index (χ2n) is 14.5. The first kappa shape index (κ1) is 37.8. The van der Waals surface area contributed by atoms with Gasteiger partial charge in [-0.05, 0) is 74.9 Å². The Hall–Kier alpha value is -7.08. The minimum atomic E-state index is -0.616. The Bertz CT molecular complexity index is 2300. The number of nitrogens with zero attached hydrogens (tertiary/aromatic N) is 4. The van der Waals surface area contributed by atoms with Crippen molar-refractivity contribution in [2.24, 2.45) is 0 Å². The van der Waals surface area contributed by atoms with E-state index >= 15 is 0 Å². The highest BCUT2D eigenvalue weighted by Crippen LogP contribution is 2.31. The molecule has 12 nitrogen and oxygen atoms in total. The Labute approximate surface area is 335 Å². The third-order valence-electron chi connectivity index (χ3n) is 10.7. The highest BCUT2D eigenvalue weighted by Gasteiger charge is 2.39. The Morgan fingerprint density at radius 2 is 0.948 bits per heavy atom. The molecule has 4 heterocycles. The van der Waals surface area contributed by atoms with Gasteiger partial charge in [-0.1, -0.05) is 107 Å². The van der Waals surface area contributed by atoms with Crippen LogP contribution in [-0.4, -0.2) is 68.9 Å². The maximum atomic E-state index is 13.8. The molecule has 58 heavy (non-hydrogen) atoms. The van der Waals surface area contributed by atoms with Crippen LogP contribution in [0, 0.1) is 13.8 Å². The van der Waals surface area contributed by atoms with Gasteiger partial charge in [0.1, 0.15) is 46.1 Å². The van der Waals surface area contributed by atoms with Gasteiger partial charge in [-0.15, -0.1) is 0 Å². The summed E-state index contributed by atoms with van der Waals surface area (Å²) in [5.41, 5.74) is 6.36. The van der Waals surface area contributed by atoms with E-state index in [0.29, 0.717) is 84.2 Å². The molecule has 2 atom stereocenters. The van der Waals surface area contributed by atoms with Gasteiger partial charge in [0.2, 0.25) is 11.8 Å². The van der Waals surface area contributed by atoms with Crippen molar-refractivity contribution in [2.75, 3.05) is 23.7 Å². The molecule has 2 N–H and O–H groups in total. The van der Waals surface area contributed by atoms with Crippen molar-refractivity contribution in [3.05, 3.63) is 143 Å². The molecular formula is C46H42N6O6. The molecule has 2 aliphatic heterocycles. The normalized spacial score (nSPS) is 16.5. The molecule has 2 fully saturated rings. The summed E-state index contributed by atoms with van der Waals surface area (Å²) < 4.78 is 10.8. The zero-order chi connectivity index (χ0) is 40.2. The predicted molar refractivity (Wildman–Crippen MR) is 221 cm³/mol. The average Bonchev–Trinajstić information content (AvgIpc) is 4.08. The van der Waals surface area contributed by atoms with Crippen molar-refractivity contribution in [3.63, 3.8) is 0 Å². The summed E-state index contributed by atoms with van der Waals surface area (Å²) >= 11 is 0. The Kier molecular flexibility index (Phi) is 10.8. The van der Waals surface area contributed by atoms with Gasteiger partial charge in [-0.3, -0.25) is 19.2 Å². The number of anilines is 2. The number of likely N-dealkylation sites (tertiary alicyclic amines) is 2. The van der Waals surface area contributed by atoms with Crippen LogP contribution < -0.4 is 10.6 Å². The first-order valence-electron chi connectivity index (χ1n) is 19.4. The van der Waals surface area contributed by atoms with Crippen molar-refractivity contribution in [1.29, 1.82) is 0 Å². The molecule has 6 aromatic rings. The van der Waals surface area contributed by atoms with Crippen molar-refractivity contribution >= 4 is 47.2 Å². The molecule has 2 aliphatic rings. The van der Waals surface area contributed by atoms with Gasteiger partial charge in [0.15, 0.2) is 0 Å². The van der Waals surface area contributed by atoms with Crippen LogP contribution in [0.4, 0.5) is 11.4 Å². The number of hydrogen-bond acceptors (Lipinski definition) is 8. The second kappa shape index (κ2) is 16.6. The molecule has 0 unspecified atom stereocenters. The van der Waals surface area contributed by atoms with Gasteiger partial charge in [0.25, 0.3) is 11.8 Å². The molecule has 8 rings (SSSR count). The molecule has 0 bridgehead atoms. The second-order valence-corrected chi connectivity index (χ2v) is 14.5. The van der Waals surface area contributed by atoms with Crippen LogP contribution >= 0.6 is 0 Å². The van der Waals surface area contributed by atoms with Crippen LogP contribution in [0.3, 0.4) is 0 Å². The molecule has 0 aliphatic carbocycles. The van der Waals surface area contributed by atoms with Crippen LogP contribution in [0.15, 0.2) is 118 Å². The maximum Gasteiger partial charge on any atom is 0.260 e. The van der Waals surface area contributed by atoms with E-state index in [1.54, 1.807) is 23.6 Å². The number of rotatable bonds is 10. The van der Waals surface area contributed by atoms with Crippen molar-refractivity contribution < 1.29 is 28.2 Å². The molecule has 2 saturated heterocycles. The lowest BCUT2D eigenvalue weighted by atomic mass is 10.0. The van der Waals surface area contributed by atoms with Crippen molar-refractivity contribution in [1.82, 2.24) is 20.1 Å². The minimum absolute atomic E-state index is 0.244. The number of carbonyl (C=O) groups is 4. The van der Waals surface area contributed by atoms with Crippen molar-refractivity contribution in [3.8, 4) is 22.5 Å². The summed E-state index contributed by atoms with van der Waals surface area (Å²) in [7, 11) is 0. The quantitative estimate of drug-likeness (QED) is 0.132. The fraction of sp³-hybridized carbons (Fsp3) is 0.217. The largest absolute Gasteiger partial charge is 0.360 e. The zero-order valence-electron chi connectivity index (χ0n) is 32.2. The molecule has 0 spiro atoms. The smallest absolute Gasteiger partial charge is 0.260 e. The summed E-state index contributed by atoms with van der Waals surface area (Å²) in [6.45, 7) is 4.36. The lowest BCUT2D eigenvalue weighted by Crippen LogP contribution is -2.43. The predicted octanol–water partition coefficient (Wildman–Crippen LogP) is 8.27. The van der Waals surface area contributed by atoms with E-state index in [0.717, 1.165) is 22.3 Å². The molecule has 4 aromatic carbocycles. The molecular weight excluding hydrogens is 733 g/mol. The highest BCUT2D eigenvalue weighted by atomic mass is 16.5. The summed E-state index contributed by atoms with van der Waals surface area (Å²) in [5.74, 6) is -0.191. The molecule has 12 heteroatoms. The highest BCUT2D eigenvalue weighted by molar-refractivity contribution is 6.06. The number of aryl methyl sites for hydroxylation is 2. The van der Waals surface area contributed by atoms with E-state index in [1.165, 1.54) is 0 Å². The Morgan fingerprint density at radius 1 is 0.569 bits per heavy atom. The van der Waals surface area contributed by atoms with Crippen LogP contribution in [0.2, 0.25) is 0 Å². The van der Waals surface area contributed by atoms with E-state index < -0.39 is 12.1 Å². The maximum absolute atomic E-state index is 13.8. The average molecular weight is 775 g/mol. The van der Waals surface area contributed by atoms with E-state index in [1.807, 2.05) is 121 Å². The van der Waals surface area contributed by atoms with E-state index in [9.17, 15) is 19.2 Å². The van der Waals surface area contributed by atoms with Gasteiger partial charge in [0.05, 0.1) is 0 Å². The first-order valence-corrected chi connectivity index (χ1v) is 19.4. The third-order valence-corrected chi connectivity index (χ3v) is 10.7. The lowest BCUT2D eigenvalue weighted by Gasteiger charge is -2.24. The summed E-state index contributed by atoms with van der Waals surface area (Å²) in [6, 6.07) is 32.5. The number of nitrogens with one attached hydrogen (secondary N) is 2. The Morgan fingerprint density at radius 3 is 1.33 bits per heavy atom. The van der Waals surface area contributed by atoms with Gasteiger partial charge in [-0.2, -0.15) is 0 Å². The fourth-order valence-electron chi connectivity index (χ4n) is 7.68. The summed E-state index contributed by atoms with van der Waals surface area (Å²) in [5, 5.41) is 14.3. The number of amides is 4. The van der Waals surface area contributed by atoms with Gasteiger partial charge in [0, 0.05) is 35.6 Å². The van der Waals surface area contributed by atoms with Gasteiger partial charge in [-0.25, -0.2) is 0 Å². The number of aromatic nitrogens is 2. The fourth-order valence-corrected chi connectivity index (χ4v) is 7.68. The zero-order valence-corrected chi connectivity index (χ0v) is 32.2. The summed E-state index contributed by atoms with van der Waals surface area (Å²) in [6.07, 6.45) is 6.47. The molecule has 292 valence electrons. The van der Waals surface area contributed by atoms with Crippen LogP contribution in [0.1, 0.15) is 69.0 Å². The van der Waals surface area contributed by atoms with Crippen molar-refractivity contribution in [2.45, 2.75) is 51.6 Å². The van der Waals surface area contributed by atoms with Crippen LogP contribution in [0.5, 0.6) is 0 Å². The molecule has 4 amide bonds. The molecule has 2 aromatic heterocycles. The minimum Gasteiger partial charge on any atom is -0.360 e. The Balaban J connectivity index is 0.858. The lowest BCUT2D eigenvalue weighted by molar-refractivity contribution is -0.120. The number of benzene rings is 4. The topological polar surface area (TPSA) is 151 Å². The third kappa shape index (κ3) is 7.81. The van der Waals surface area contributed by atoms with E-state index in [-0.39, 0.29) is 23.6 Å². The van der Waals surface area contributed by atoms with E-state index in [4.69, 9.17) is 9.05 Å². The number of carbonyl (C=O) groups excluding carboxylic acids is 4. The van der Waals surface area contributed by atoms with Crippen LogP contribution in [0.25, 0.3) is 34.7 Å². The monoisotopic (exact) mass is 774 g/mol. The van der Waals surface area contributed by atoms with Crippen LogP contribution in [-0.2, 0) is 9.59 Å². The van der Waals surface area contributed by atoms with E-state index in [2.05, 4.69) is 20.9 Å².